The predicted molar refractivity (Wildman–Crippen MR) is 104 cm³/mol. The van der Waals surface area contributed by atoms with Crippen molar-refractivity contribution in [3.63, 3.8) is 0 Å². The molecule has 4 aliphatic rings. The number of carbonyl (C=O) groups excluding carboxylic acids is 4. The lowest BCUT2D eigenvalue weighted by Gasteiger charge is -2.57. The molecule has 0 heterocycles. The summed E-state index contributed by atoms with van der Waals surface area (Å²) in [5, 5.41) is 11.4. The molecule has 3 fully saturated rings. The molecule has 0 aromatic rings. The van der Waals surface area contributed by atoms with Crippen molar-refractivity contribution in [3.8, 4) is 0 Å². The van der Waals surface area contributed by atoms with E-state index in [1.807, 2.05) is 6.92 Å². The van der Waals surface area contributed by atoms with Gasteiger partial charge in [0.1, 0.15) is 17.2 Å². The first kappa shape index (κ1) is 20.5. The second-order valence-electron chi connectivity index (χ2n) is 10.0. The van der Waals surface area contributed by atoms with E-state index in [2.05, 4.69) is 13.0 Å². The van der Waals surface area contributed by atoms with E-state index in [9.17, 15) is 24.3 Å². The standard InChI is InChI=1S/C23H30O6/c1-13(24)29-12-19(27)23(28)9-7-17-16-5-4-14-10-15(25)6-8-21(14,2)20(16)18(26)11-22(17,23)3/h4,16-17,20,28H,5-12H2,1-3H3/t16?,17?,20?,21-,22-,23-/m0/s1. The third-order valence-electron chi connectivity index (χ3n) is 8.65. The Labute approximate surface area is 171 Å². The number of fused-ring (bicyclic) bond motifs is 5. The highest BCUT2D eigenvalue weighted by Gasteiger charge is 2.68. The van der Waals surface area contributed by atoms with Crippen molar-refractivity contribution in [1.82, 2.24) is 0 Å². The zero-order chi connectivity index (χ0) is 21.2. The van der Waals surface area contributed by atoms with Crippen LogP contribution in [-0.4, -0.2) is 40.6 Å². The molecular formula is C23H30O6. The zero-order valence-corrected chi connectivity index (χ0v) is 17.5. The number of hydrogen-bond acceptors (Lipinski definition) is 6. The van der Waals surface area contributed by atoms with Gasteiger partial charge in [-0.2, -0.15) is 0 Å². The van der Waals surface area contributed by atoms with Crippen LogP contribution in [-0.2, 0) is 23.9 Å². The van der Waals surface area contributed by atoms with Crippen LogP contribution in [0.1, 0.15) is 65.7 Å². The summed E-state index contributed by atoms with van der Waals surface area (Å²) >= 11 is 0. The SMILES string of the molecule is CC(=O)OCC(=O)[C@@]1(O)CCC2C3CC=C4CC(=O)CC[C@]4(C)C3C(=O)C[C@@]21C. The van der Waals surface area contributed by atoms with Crippen molar-refractivity contribution in [3.05, 3.63) is 11.6 Å². The molecule has 29 heavy (non-hydrogen) atoms. The number of ether oxygens (including phenoxy) is 1. The molecule has 0 spiro atoms. The van der Waals surface area contributed by atoms with E-state index in [-0.39, 0.29) is 47.6 Å². The monoisotopic (exact) mass is 402 g/mol. The Morgan fingerprint density at radius 3 is 2.66 bits per heavy atom. The van der Waals surface area contributed by atoms with Crippen LogP contribution in [0.5, 0.6) is 0 Å². The van der Waals surface area contributed by atoms with E-state index in [1.54, 1.807) is 0 Å². The maximum atomic E-state index is 13.5. The van der Waals surface area contributed by atoms with Crippen LogP contribution in [0, 0.1) is 28.6 Å². The number of Topliss-reactive ketones (excluding diaryl/α,β-unsaturated/α-hetero) is 3. The van der Waals surface area contributed by atoms with Crippen molar-refractivity contribution < 1.29 is 29.0 Å². The topological polar surface area (TPSA) is 97.7 Å². The van der Waals surface area contributed by atoms with Crippen molar-refractivity contribution >= 4 is 23.3 Å². The van der Waals surface area contributed by atoms with Gasteiger partial charge in [-0.25, -0.2) is 0 Å². The highest BCUT2D eigenvalue weighted by molar-refractivity contribution is 5.93. The number of ketones is 3. The highest BCUT2D eigenvalue weighted by atomic mass is 16.5. The normalized spacial score (nSPS) is 43.7. The first-order valence-corrected chi connectivity index (χ1v) is 10.7. The molecule has 4 aliphatic carbocycles. The molecule has 0 aromatic carbocycles. The van der Waals surface area contributed by atoms with E-state index >= 15 is 0 Å². The van der Waals surface area contributed by atoms with Crippen molar-refractivity contribution in [2.24, 2.45) is 28.6 Å². The Hall–Kier alpha value is -1.82. The Balaban J connectivity index is 1.67. The summed E-state index contributed by atoms with van der Waals surface area (Å²) in [5.41, 5.74) is -1.70. The van der Waals surface area contributed by atoms with Gasteiger partial charge in [0.05, 0.1) is 0 Å². The van der Waals surface area contributed by atoms with Gasteiger partial charge in [0.2, 0.25) is 5.78 Å². The molecule has 6 nitrogen and oxygen atoms in total. The number of hydrogen-bond donors (Lipinski definition) is 1. The number of esters is 1. The molecule has 0 aromatic heterocycles. The van der Waals surface area contributed by atoms with E-state index in [1.165, 1.54) is 6.92 Å². The number of rotatable bonds is 3. The molecule has 0 bridgehead atoms. The minimum absolute atomic E-state index is 0.0451. The molecule has 0 aliphatic heterocycles. The zero-order valence-electron chi connectivity index (χ0n) is 17.5. The molecule has 158 valence electrons. The van der Waals surface area contributed by atoms with Gasteiger partial charge in [-0.15, -0.1) is 0 Å². The largest absolute Gasteiger partial charge is 0.458 e. The van der Waals surface area contributed by atoms with Crippen LogP contribution in [0.4, 0.5) is 0 Å². The lowest BCUT2D eigenvalue weighted by atomic mass is 9.46. The number of carbonyl (C=O) groups is 4. The van der Waals surface area contributed by atoms with Crippen molar-refractivity contribution in [1.29, 1.82) is 0 Å². The fraction of sp³-hybridized carbons (Fsp3) is 0.739. The van der Waals surface area contributed by atoms with E-state index < -0.39 is 29.4 Å². The Bertz CT molecular complexity index is 827. The maximum Gasteiger partial charge on any atom is 0.303 e. The van der Waals surface area contributed by atoms with Crippen molar-refractivity contribution in [2.75, 3.05) is 6.61 Å². The van der Waals surface area contributed by atoms with Crippen LogP contribution in [0.15, 0.2) is 11.6 Å². The molecule has 4 rings (SSSR count). The van der Waals surface area contributed by atoms with Gasteiger partial charge in [-0.05, 0) is 42.9 Å². The molecule has 3 saturated carbocycles. The van der Waals surface area contributed by atoms with E-state index in [0.29, 0.717) is 32.1 Å². The minimum Gasteiger partial charge on any atom is -0.458 e. The number of aliphatic hydroxyl groups is 1. The smallest absolute Gasteiger partial charge is 0.303 e. The number of allylic oxidation sites excluding steroid dienone is 2. The average Bonchev–Trinajstić information content (AvgIpc) is 2.91. The van der Waals surface area contributed by atoms with Crippen molar-refractivity contribution in [2.45, 2.75) is 71.3 Å². The molecule has 0 amide bonds. The maximum absolute atomic E-state index is 13.5. The summed E-state index contributed by atoms with van der Waals surface area (Å²) in [6.45, 7) is 4.75. The average molecular weight is 402 g/mol. The summed E-state index contributed by atoms with van der Waals surface area (Å²) in [6.07, 6.45) is 5.62. The van der Waals surface area contributed by atoms with Crippen LogP contribution >= 0.6 is 0 Å². The molecule has 0 radical (unpaired) electrons. The van der Waals surface area contributed by atoms with E-state index in [0.717, 1.165) is 5.57 Å². The second-order valence-corrected chi connectivity index (χ2v) is 10.0. The molecule has 3 unspecified atom stereocenters. The first-order chi connectivity index (χ1) is 13.5. The summed E-state index contributed by atoms with van der Waals surface area (Å²) in [4.78, 5) is 49.4. The molecule has 6 heteroatoms. The van der Waals surface area contributed by atoms with Gasteiger partial charge < -0.3 is 9.84 Å². The molecule has 6 atom stereocenters. The third-order valence-corrected chi connectivity index (χ3v) is 8.65. The van der Waals surface area contributed by atoms with Gasteiger partial charge in [0, 0.05) is 37.5 Å². The van der Waals surface area contributed by atoms with Gasteiger partial charge in [0.25, 0.3) is 0 Å². The molecule has 1 N–H and O–H groups in total. The lowest BCUT2D eigenvalue weighted by Crippen LogP contribution is -2.60. The Morgan fingerprint density at radius 1 is 1.24 bits per heavy atom. The summed E-state index contributed by atoms with van der Waals surface area (Å²) in [6, 6.07) is 0. The Kier molecular flexibility index (Phi) is 4.65. The second kappa shape index (κ2) is 6.59. The first-order valence-electron chi connectivity index (χ1n) is 10.7. The third kappa shape index (κ3) is 2.78. The van der Waals surface area contributed by atoms with Crippen LogP contribution in [0.3, 0.4) is 0 Å². The van der Waals surface area contributed by atoms with Gasteiger partial charge in [-0.3, -0.25) is 19.2 Å². The fourth-order valence-corrected chi connectivity index (χ4v) is 7.06. The summed E-state index contributed by atoms with van der Waals surface area (Å²) in [7, 11) is 0. The van der Waals surface area contributed by atoms with Crippen LogP contribution < -0.4 is 0 Å². The summed E-state index contributed by atoms with van der Waals surface area (Å²) in [5.74, 6) is -0.776. The fourth-order valence-electron chi connectivity index (χ4n) is 7.06. The molecule has 0 saturated heterocycles. The quantitative estimate of drug-likeness (QED) is 0.576. The molecular weight excluding hydrogens is 372 g/mol. The van der Waals surface area contributed by atoms with Crippen LogP contribution in [0.2, 0.25) is 0 Å². The van der Waals surface area contributed by atoms with Gasteiger partial charge in [0.15, 0.2) is 6.61 Å². The lowest BCUT2D eigenvalue weighted by molar-refractivity contribution is -0.172. The Morgan fingerprint density at radius 2 is 1.97 bits per heavy atom. The van der Waals surface area contributed by atoms with Crippen LogP contribution in [0.25, 0.3) is 0 Å². The van der Waals surface area contributed by atoms with Gasteiger partial charge in [-0.1, -0.05) is 25.5 Å². The minimum atomic E-state index is -1.65. The highest BCUT2D eigenvalue weighted by Crippen LogP contribution is 2.66. The summed E-state index contributed by atoms with van der Waals surface area (Å²) < 4.78 is 4.86. The predicted octanol–water partition coefficient (Wildman–Crippen LogP) is 2.56. The van der Waals surface area contributed by atoms with E-state index in [4.69, 9.17) is 4.74 Å². The van der Waals surface area contributed by atoms with Gasteiger partial charge >= 0.3 is 5.97 Å².